The van der Waals surface area contributed by atoms with Crippen molar-refractivity contribution in [2.24, 2.45) is 11.8 Å². The Balaban J connectivity index is 2.64. The third kappa shape index (κ3) is 7.28. The van der Waals surface area contributed by atoms with Gasteiger partial charge in [0.1, 0.15) is 0 Å². The third-order valence-electron chi connectivity index (χ3n) is 3.51. The second-order valence-electron chi connectivity index (χ2n) is 6.67. The molecule has 1 aromatic rings. The zero-order valence-corrected chi connectivity index (χ0v) is 14.8. The van der Waals surface area contributed by atoms with Crippen molar-refractivity contribution in [3.63, 3.8) is 0 Å². The lowest BCUT2D eigenvalue weighted by atomic mass is 9.94. The zero-order valence-electron chi connectivity index (χ0n) is 14.8. The van der Waals surface area contributed by atoms with Crippen LogP contribution >= 0.6 is 0 Å². The fraction of sp³-hybridized carbons (Fsp3) is 0.556. The highest BCUT2D eigenvalue weighted by atomic mass is 16.2. The summed E-state index contributed by atoms with van der Waals surface area (Å²) < 4.78 is 0. The highest BCUT2D eigenvalue weighted by Gasteiger charge is 2.16. The van der Waals surface area contributed by atoms with E-state index in [1.807, 2.05) is 0 Å². The Morgan fingerprint density at radius 2 is 1.61 bits per heavy atom. The number of rotatable bonds is 7. The highest BCUT2D eigenvalue weighted by molar-refractivity contribution is 5.81. The highest BCUT2D eigenvalue weighted by Crippen LogP contribution is 2.22. The molecule has 0 unspecified atom stereocenters. The molecule has 2 amide bonds. The maximum atomic E-state index is 11.7. The van der Waals surface area contributed by atoms with Gasteiger partial charge in [0.25, 0.3) is 5.91 Å². The Labute approximate surface area is 139 Å². The van der Waals surface area contributed by atoms with Gasteiger partial charge in [0.15, 0.2) is 0 Å². The molecule has 3 N–H and O–H groups in total. The number of carbonyl (C=O) groups excluding carboxylic acids is 2. The zero-order chi connectivity index (χ0) is 17.4. The molecule has 0 aliphatic carbocycles. The fourth-order valence-corrected chi connectivity index (χ4v) is 2.48. The van der Waals surface area contributed by atoms with E-state index >= 15 is 0 Å². The first kappa shape index (κ1) is 19.2. The maximum Gasteiger partial charge on any atom is 0.252 e. The molecule has 0 fully saturated rings. The molecule has 1 atom stereocenters. The fourth-order valence-electron chi connectivity index (χ4n) is 2.48. The van der Waals surface area contributed by atoms with Crippen molar-refractivity contribution in [2.75, 3.05) is 6.54 Å². The van der Waals surface area contributed by atoms with Gasteiger partial charge in [-0.15, -0.1) is 0 Å². The van der Waals surface area contributed by atoms with Gasteiger partial charge < -0.3 is 5.32 Å². The predicted octanol–water partition coefficient (Wildman–Crippen LogP) is 2.34. The summed E-state index contributed by atoms with van der Waals surface area (Å²) in [7, 11) is 0. The van der Waals surface area contributed by atoms with Gasteiger partial charge in [-0.25, -0.2) is 0 Å². The molecule has 0 aromatic heterocycles. The number of hydrogen-bond donors (Lipinski definition) is 3. The maximum absolute atomic E-state index is 11.7. The molecule has 128 valence electrons. The Bertz CT molecular complexity index is 510. The van der Waals surface area contributed by atoms with Crippen molar-refractivity contribution in [3.05, 3.63) is 35.4 Å². The Hall–Kier alpha value is -1.88. The number of hydrogen-bond acceptors (Lipinski definition) is 3. The average molecular weight is 319 g/mol. The van der Waals surface area contributed by atoms with Crippen LogP contribution in [0, 0.1) is 11.8 Å². The van der Waals surface area contributed by atoms with Gasteiger partial charge in [0.2, 0.25) is 5.91 Å². The minimum absolute atomic E-state index is 0.0891. The molecule has 5 nitrogen and oxygen atoms in total. The van der Waals surface area contributed by atoms with Gasteiger partial charge in [-0.2, -0.15) is 0 Å². The van der Waals surface area contributed by atoms with E-state index in [0.717, 1.165) is 6.42 Å². The number of benzene rings is 1. The summed E-state index contributed by atoms with van der Waals surface area (Å²) in [6.07, 6.45) is 1.07. The van der Waals surface area contributed by atoms with Crippen LogP contribution in [0.4, 0.5) is 0 Å². The molecule has 0 spiro atoms. The summed E-state index contributed by atoms with van der Waals surface area (Å²) in [5.74, 6) is 0.429. The second kappa shape index (κ2) is 9.30. The number of hydrazine groups is 1. The molecule has 0 saturated carbocycles. The molecule has 1 aromatic carbocycles. The van der Waals surface area contributed by atoms with E-state index in [1.54, 1.807) is 0 Å². The standard InChI is InChI=1S/C18H29N3O2/c1-12(2)10-15-6-8-16(9-7-15)18(13(3)4)19-11-17(23)21-20-14(5)22/h6-9,12-13,18-19H,10-11H2,1-5H3,(H,20,22)(H,21,23)/t18-/m1/s1. The molecule has 0 aliphatic heterocycles. The quantitative estimate of drug-likeness (QED) is 0.676. The molecule has 23 heavy (non-hydrogen) atoms. The van der Waals surface area contributed by atoms with Crippen LogP contribution in [0.2, 0.25) is 0 Å². The third-order valence-corrected chi connectivity index (χ3v) is 3.51. The Kier molecular flexibility index (Phi) is 7.75. The van der Waals surface area contributed by atoms with E-state index in [0.29, 0.717) is 11.8 Å². The normalized spacial score (nSPS) is 12.3. The summed E-state index contributed by atoms with van der Waals surface area (Å²) in [5, 5.41) is 3.26. The lowest BCUT2D eigenvalue weighted by Gasteiger charge is -2.23. The minimum atomic E-state index is -0.292. The first-order valence-corrected chi connectivity index (χ1v) is 8.17. The second-order valence-corrected chi connectivity index (χ2v) is 6.67. The van der Waals surface area contributed by atoms with Crippen LogP contribution in [0.5, 0.6) is 0 Å². The van der Waals surface area contributed by atoms with E-state index in [9.17, 15) is 9.59 Å². The van der Waals surface area contributed by atoms with E-state index in [-0.39, 0.29) is 24.4 Å². The molecular formula is C18H29N3O2. The monoisotopic (exact) mass is 319 g/mol. The first-order chi connectivity index (χ1) is 10.8. The van der Waals surface area contributed by atoms with Crippen molar-refractivity contribution in [1.29, 1.82) is 0 Å². The summed E-state index contributed by atoms with van der Waals surface area (Å²) in [4.78, 5) is 22.5. The van der Waals surface area contributed by atoms with Gasteiger partial charge >= 0.3 is 0 Å². The van der Waals surface area contributed by atoms with E-state index < -0.39 is 0 Å². The van der Waals surface area contributed by atoms with Gasteiger partial charge in [0, 0.05) is 13.0 Å². The molecule has 0 saturated heterocycles. The number of amides is 2. The summed E-state index contributed by atoms with van der Waals surface area (Å²) in [5.41, 5.74) is 7.14. The lowest BCUT2D eigenvalue weighted by molar-refractivity contribution is -0.127. The predicted molar refractivity (Wildman–Crippen MR) is 92.5 cm³/mol. The van der Waals surface area contributed by atoms with Crippen LogP contribution in [-0.2, 0) is 16.0 Å². The van der Waals surface area contributed by atoms with Gasteiger partial charge in [-0.05, 0) is 29.4 Å². The van der Waals surface area contributed by atoms with Gasteiger partial charge in [-0.3, -0.25) is 20.4 Å². The van der Waals surface area contributed by atoms with Crippen LogP contribution in [0.15, 0.2) is 24.3 Å². The molecule has 0 heterocycles. The SMILES string of the molecule is CC(=O)NNC(=O)CN[C@@H](c1ccc(CC(C)C)cc1)C(C)C. The smallest absolute Gasteiger partial charge is 0.252 e. The molecule has 0 aliphatic rings. The molecule has 5 heteroatoms. The van der Waals surface area contributed by atoms with E-state index in [4.69, 9.17) is 0 Å². The average Bonchev–Trinajstić information content (AvgIpc) is 2.46. The lowest BCUT2D eigenvalue weighted by Crippen LogP contribution is -2.45. The number of nitrogens with one attached hydrogen (secondary N) is 3. The van der Waals surface area contributed by atoms with E-state index in [1.165, 1.54) is 18.1 Å². The Morgan fingerprint density at radius 3 is 2.09 bits per heavy atom. The van der Waals surface area contributed by atoms with Crippen molar-refractivity contribution < 1.29 is 9.59 Å². The van der Waals surface area contributed by atoms with Crippen LogP contribution < -0.4 is 16.2 Å². The van der Waals surface area contributed by atoms with E-state index in [2.05, 4.69) is 68.1 Å². The van der Waals surface area contributed by atoms with Gasteiger partial charge in [0.05, 0.1) is 6.54 Å². The molecule has 1 rings (SSSR count). The molecular weight excluding hydrogens is 290 g/mol. The van der Waals surface area contributed by atoms with Crippen LogP contribution in [0.25, 0.3) is 0 Å². The van der Waals surface area contributed by atoms with Crippen LogP contribution in [0.1, 0.15) is 51.8 Å². The van der Waals surface area contributed by atoms with Crippen LogP contribution in [-0.4, -0.2) is 18.4 Å². The summed E-state index contributed by atoms with van der Waals surface area (Å²) in [6, 6.07) is 8.65. The summed E-state index contributed by atoms with van der Waals surface area (Å²) in [6.45, 7) is 10.2. The van der Waals surface area contributed by atoms with Crippen molar-refractivity contribution >= 4 is 11.8 Å². The van der Waals surface area contributed by atoms with Crippen molar-refractivity contribution in [1.82, 2.24) is 16.2 Å². The van der Waals surface area contributed by atoms with Gasteiger partial charge in [-0.1, -0.05) is 52.0 Å². The van der Waals surface area contributed by atoms with Crippen LogP contribution in [0.3, 0.4) is 0 Å². The largest absolute Gasteiger partial charge is 0.301 e. The molecule has 0 bridgehead atoms. The summed E-state index contributed by atoms with van der Waals surface area (Å²) >= 11 is 0. The first-order valence-electron chi connectivity index (χ1n) is 8.17. The topological polar surface area (TPSA) is 70.2 Å². The van der Waals surface area contributed by atoms with Crippen molar-refractivity contribution in [3.8, 4) is 0 Å². The minimum Gasteiger partial charge on any atom is -0.301 e. The molecule has 0 radical (unpaired) electrons. The van der Waals surface area contributed by atoms with Crippen molar-refractivity contribution in [2.45, 2.75) is 47.1 Å². The Morgan fingerprint density at radius 1 is 1.00 bits per heavy atom. The number of carbonyl (C=O) groups is 2.